The number of nitrogens with one attached hydrogen (secondary N) is 1. The van der Waals surface area contributed by atoms with Gasteiger partial charge in [-0.1, -0.05) is 6.07 Å². The molecule has 10 nitrogen and oxygen atoms in total. The van der Waals surface area contributed by atoms with Crippen molar-refractivity contribution in [1.29, 1.82) is 0 Å². The Bertz CT molecular complexity index is 1060. The number of hydrogen-bond donors (Lipinski definition) is 1. The van der Waals surface area contributed by atoms with E-state index < -0.39 is 40.1 Å². The zero-order chi connectivity index (χ0) is 23.3. The maximum atomic E-state index is 13.6. The maximum Gasteiger partial charge on any atom is 0.344 e. The van der Waals surface area contributed by atoms with Crippen LogP contribution in [0.25, 0.3) is 0 Å². The number of carbonyl (C=O) groups is 3. The van der Waals surface area contributed by atoms with Crippen LogP contribution >= 0.6 is 0 Å². The fraction of sp³-hybridized carbons (Fsp3) is 0.286. The van der Waals surface area contributed by atoms with Crippen molar-refractivity contribution in [1.82, 2.24) is 0 Å². The SMILES string of the molecule is CCOC(=O)COc1cccc(NC(=O)C2CC(=O)N(c3ccc(F)c([N+](=O)[O-])c3)C2)c1. The van der Waals surface area contributed by atoms with Crippen molar-refractivity contribution in [3.05, 3.63) is 58.4 Å². The van der Waals surface area contributed by atoms with Gasteiger partial charge < -0.3 is 19.7 Å². The molecule has 0 bridgehead atoms. The number of nitro groups is 1. The number of ether oxygens (including phenoxy) is 2. The summed E-state index contributed by atoms with van der Waals surface area (Å²) >= 11 is 0. The number of rotatable bonds is 8. The lowest BCUT2D eigenvalue weighted by molar-refractivity contribution is -0.387. The van der Waals surface area contributed by atoms with Gasteiger partial charge in [0.25, 0.3) is 0 Å². The summed E-state index contributed by atoms with van der Waals surface area (Å²) in [6.45, 7) is 1.63. The third-order valence-electron chi connectivity index (χ3n) is 4.70. The number of carbonyl (C=O) groups excluding carboxylic acids is 3. The van der Waals surface area contributed by atoms with E-state index in [0.717, 1.165) is 12.1 Å². The highest BCUT2D eigenvalue weighted by Crippen LogP contribution is 2.30. The fourth-order valence-corrected chi connectivity index (χ4v) is 3.19. The molecule has 0 radical (unpaired) electrons. The average molecular weight is 445 g/mol. The zero-order valence-corrected chi connectivity index (χ0v) is 17.1. The van der Waals surface area contributed by atoms with E-state index in [1.54, 1.807) is 25.1 Å². The second-order valence-corrected chi connectivity index (χ2v) is 6.91. The predicted octanol–water partition coefficient (Wildman–Crippen LogP) is 2.67. The third kappa shape index (κ3) is 5.36. The highest BCUT2D eigenvalue weighted by atomic mass is 19.1. The summed E-state index contributed by atoms with van der Waals surface area (Å²) in [6, 6.07) is 9.51. The Kier molecular flexibility index (Phi) is 6.98. The van der Waals surface area contributed by atoms with Gasteiger partial charge in [-0.05, 0) is 31.2 Å². The summed E-state index contributed by atoms with van der Waals surface area (Å²) in [4.78, 5) is 47.7. The molecule has 32 heavy (non-hydrogen) atoms. The van der Waals surface area contributed by atoms with Gasteiger partial charge in [0, 0.05) is 30.8 Å². The van der Waals surface area contributed by atoms with Crippen LogP contribution in [0.5, 0.6) is 5.75 Å². The van der Waals surface area contributed by atoms with Gasteiger partial charge in [-0.3, -0.25) is 19.7 Å². The van der Waals surface area contributed by atoms with Crippen LogP contribution in [0.4, 0.5) is 21.5 Å². The van der Waals surface area contributed by atoms with Crippen LogP contribution in [0.3, 0.4) is 0 Å². The molecule has 0 spiro atoms. The summed E-state index contributed by atoms with van der Waals surface area (Å²) < 4.78 is 23.7. The number of esters is 1. The van der Waals surface area contributed by atoms with E-state index in [2.05, 4.69) is 5.32 Å². The van der Waals surface area contributed by atoms with Crippen molar-refractivity contribution in [3.63, 3.8) is 0 Å². The Morgan fingerprint density at radius 3 is 2.78 bits per heavy atom. The van der Waals surface area contributed by atoms with Gasteiger partial charge in [0.2, 0.25) is 17.6 Å². The van der Waals surface area contributed by atoms with Gasteiger partial charge in [-0.25, -0.2) is 4.79 Å². The first-order chi connectivity index (χ1) is 15.3. The second-order valence-electron chi connectivity index (χ2n) is 6.91. The number of nitrogens with zero attached hydrogens (tertiary/aromatic N) is 2. The van der Waals surface area contributed by atoms with Gasteiger partial charge in [-0.2, -0.15) is 4.39 Å². The molecule has 1 atom stereocenters. The summed E-state index contributed by atoms with van der Waals surface area (Å²) in [5.74, 6) is -2.73. The smallest absolute Gasteiger partial charge is 0.344 e. The minimum absolute atomic E-state index is 0.00744. The zero-order valence-electron chi connectivity index (χ0n) is 17.1. The molecule has 11 heteroatoms. The fourth-order valence-electron chi connectivity index (χ4n) is 3.19. The molecule has 1 heterocycles. The molecule has 2 aromatic rings. The van der Waals surface area contributed by atoms with Crippen molar-refractivity contribution >= 4 is 34.8 Å². The second kappa shape index (κ2) is 9.86. The number of hydrogen-bond acceptors (Lipinski definition) is 7. The maximum absolute atomic E-state index is 13.6. The van der Waals surface area contributed by atoms with Gasteiger partial charge in [0.1, 0.15) is 5.75 Å². The van der Waals surface area contributed by atoms with E-state index >= 15 is 0 Å². The molecule has 1 saturated heterocycles. The Morgan fingerprint density at radius 2 is 2.06 bits per heavy atom. The number of halogens is 1. The molecule has 1 unspecified atom stereocenters. The van der Waals surface area contributed by atoms with E-state index in [1.165, 1.54) is 17.0 Å². The first-order valence-electron chi connectivity index (χ1n) is 9.72. The lowest BCUT2D eigenvalue weighted by Crippen LogP contribution is -2.28. The van der Waals surface area contributed by atoms with Crippen molar-refractivity contribution < 1.29 is 33.2 Å². The van der Waals surface area contributed by atoms with E-state index in [1.807, 2.05) is 0 Å². The normalized spacial score (nSPS) is 15.4. The Labute approximate surface area is 182 Å². The summed E-state index contributed by atoms with van der Waals surface area (Å²) in [5, 5.41) is 13.6. The third-order valence-corrected chi connectivity index (χ3v) is 4.70. The van der Waals surface area contributed by atoms with Crippen molar-refractivity contribution in [2.45, 2.75) is 13.3 Å². The van der Waals surface area contributed by atoms with E-state index in [4.69, 9.17) is 9.47 Å². The average Bonchev–Trinajstić information content (AvgIpc) is 3.15. The first kappa shape index (κ1) is 22.7. The van der Waals surface area contributed by atoms with Crippen molar-refractivity contribution in [3.8, 4) is 5.75 Å². The molecule has 1 fully saturated rings. The molecule has 0 aromatic heterocycles. The van der Waals surface area contributed by atoms with E-state index in [0.29, 0.717) is 11.4 Å². The molecular weight excluding hydrogens is 425 g/mol. The summed E-state index contributed by atoms with van der Waals surface area (Å²) in [6.07, 6.45) is -0.101. The van der Waals surface area contributed by atoms with Crippen molar-refractivity contribution in [2.24, 2.45) is 5.92 Å². The minimum Gasteiger partial charge on any atom is -0.482 e. The molecule has 168 valence electrons. The number of anilines is 2. The van der Waals surface area contributed by atoms with Crippen LogP contribution in [0.1, 0.15) is 13.3 Å². The van der Waals surface area contributed by atoms with Gasteiger partial charge >= 0.3 is 11.7 Å². The highest BCUT2D eigenvalue weighted by Gasteiger charge is 2.36. The largest absolute Gasteiger partial charge is 0.482 e. The lowest BCUT2D eigenvalue weighted by Gasteiger charge is -2.17. The number of nitro benzene ring substituents is 1. The van der Waals surface area contributed by atoms with E-state index in [-0.39, 0.29) is 31.9 Å². The first-order valence-corrected chi connectivity index (χ1v) is 9.72. The molecular formula is C21H20FN3O7. The van der Waals surface area contributed by atoms with Crippen LogP contribution in [0.2, 0.25) is 0 Å². The van der Waals surface area contributed by atoms with Crippen LogP contribution in [-0.4, -0.2) is 42.5 Å². The lowest BCUT2D eigenvalue weighted by atomic mass is 10.1. The van der Waals surface area contributed by atoms with Crippen LogP contribution in [0.15, 0.2) is 42.5 Å². The number of benzene rings is 2. The minimum atomic E-state index is -1.01. The molecule has 2 aromatic carbocycles. The van der Waals surface area contributed by atoms with Gasteiger partial charge in [-0.15, -0.1) is 0 Å². The standard InChI is InChI=1S/C21H20FN3O7/c1-2-31-20(27)12-32-16-5-3-4-14(9-16)23-21(28)13-8-19(26)24(11-13)15-6-7-17(22)18(10-15)25(29)30/h3-7,9-10,13H,2,8,11-12H2,1H3,(H,23,28). The molecule has 2 amide bonds. The molecule has 0 saturated carbocycles. The van der Waals surface area contributed by atoms with E-state index in [9.17, 15) is 28.9 Å². The molecule has 0 aliphatic carbocycles. The predicted molar refractivity (Wildman–Crippen MR) is 111 cm³/mol. The van der Waals surface area contributed by atoms with Crippen molar-refractivity contribution in [2.75, 3.05) is 30.0 Å². The topological polar surface area (TPSA) is 128 Å². The Balaban J connectivity index is 1.64. The van der Waals surface area contributed by atoms with Crippen LogP contribution in [0, 0.1) is 21.8 Å². The quantitative estimate of drug-likeness (QED) is 0.376. The molecule has 1 N–H and O–H groups in total. The summed E-state index contributed by atoms with van der Waals surface area (Å²) in [7, 11) is 0. The Hall–Kier alpha value is -4.02. The van der Waals surface area contributed by atoms with Gasteiger partial charge in [0.05, 0.1) is 23.1 Å². The molecule has 1 aliphatic heterocycles. The molecule has 1 aliphatic rings. The monoisotopic (exact) mass is 445 g/mol. The summed E-state index contributed by atoms with van der Waals surface area (Å²) in [5.41, 5.74) is -0.199. The van der Waals surface area contributed by atoms with Crippen LogP contribution < -0.4 is 15.0 Å². The number of amides is 2. The molecule has 3 rings (SSSR count). The van der Waals surface area contributed by atoms with Crippen LogP contribution in [-0.2, 0) is 19.1 Å². The highest BCUT2D eigenvalue weighted by molar-refractivity contribution is 6.03. The Morgan fingerprint density at radius 1 is 1.28 bits per heavy atom. The van der Waals surface area contributed by atoms with Gasteiger partial charge in [0.15, 0.2) is 6.61 Å².